The van der Waals surface area contributed by atoms with Crippen molar-refractivity contribution in [2.75, 3.05) is 13.2 Å². The van der Waals surface area contributed by atoms with Crippen molar-refractivity contribution in [3.63, 3.8) is 0 Å². The summed E-state index contributed by atoms with van der Waals surface area (Å²) >= 11 is 12.7. The summed E-state index contributed by atoms with van der Waals surface area (Å²) in [4.78, 5) is 25.2. The summed E-state index contributed by atoms with van der Waals surface area (Å²) in [6.45, 7) is 4.24. The molecule has 0 aliphatic carbocycles. The molecule has 1 aliphatic heterocycles. The van der Waals surface area contributed by atoms with E-state index in [1.165, 1.54) is 0 Å². The molecular formula is C27H32Cl2N6O10. The van der Waals surface area contributed by atoms with Gasteiger partial charge in [-0.1, -0.05) is 42.6 Å². The van der Waals surface area contributed by atoms with E-state index in [4.69, 9.17) is 68.1 Å². The molecule has 2 aromatic heterocycles. The van der Waals surface area contributed by atoms with E-state index in [2.05, 4.69) is 33.6 Å². The number of rotatable bonds is 10. The van der Waals surface area contributed by atoms with Gasteiger partial charge in [-0.3, -0.25) is 0 Å². The lowest BCUT2D eigenvalue weighted by Gasteiger charge is -2.30. The number of nitrogens with zero attached hydrogens (tertiary/aromatic N) is 6. The zero-order valence-electron chi connectivity index (χ0n) is 23.9. The Hall–Kier alpha value is -4.48. The van der Waals surface area contributed by atoms with Crippen molar-refractivity contribution in [1.29, 1.82) is 0 Å². The molecule has 244 valence electrons. The average Bonchev–Trinajstić information content (AvgIpc) is 3.73. The first-order chi connectivity index (χ1) is 21.0. The first-order valence-corrected chi connectivity index (χ1v) is 13.9. The standard InChI is InChI=1S/C27H28Cl2N4O3.2HNO3.H2O/c1-2-3-11-33-19-31-14-26(33)20-4-7-22(8-5-20)34-15-23-16-35-27(36-23,17-32-12-10-30-18-32)24-9-6-21(28)13-25(24)29;2*2-1(3)4;/h4-10,12-14,18-19,23H,2-3,11,15-17H2,1H3;2*(H,2,3,4);1H2. The van der Waals surface area contributed by atoms with Crippen LogP contribution in [0.1, 0.15) is 25.3 Å². The molecule has 0 spiro atoms. The highest BCUT2D eigenvalue weighted by molar-refractivity contribution is 6.35. The van der Waals surface area contributed by atoms with E-state index >= 15 is 0 Å². The molecule has 16 nitrogen and oxygen atoms in total. The van der Waals surface area contributed by atoms with E-state index in [1.807, 2.05) is 41.5 Å². The van der Waals surface area contributed by atoms with Crippen LogP contribution in [0.15, 0.2) is 73.7 Å². The van der Waals surface area contributed by atoms with E-state index in [9.17, 15) is 0 Å². The first-order valence-electron chi connectivity index (χ1n) is 13.2. The molecule has 2 aromatic carbocycles. The number of aryl methyl sites for hydroxylation is 1. The number of aromatic nitrogens is 4. The summed E-state index contributed by atoms with van der Waals surface area (Å²) in [5, 5.41) is 28.3. The molecule has 1 fully saturated rings. The topological polar surface area (TPSA) is 222 Å². The number of ether oxygens (including phenoxy) is 3. The molecule has 0 radical (unpaired) electrons. The van der Waals surface area contributed by atoms with Crippen LogP contribution < -0.4 is 4.74 Å². The zero-order valence-corrected chi connectivity index (χ0v) is 25.5. The van der Waals surface area contributed by atoms with Crippen LogP contribution in [0.4, 0.5) is 0 Å². The predicted octanol–water partition coefficient (Wildman–Crippen LogP) is 4.68. The molecule has 4 aromatic rings. The van der Waals surface area contributed by atoms with Crippen LogP contribution in [0.25, 0.3) is 11.3 Å². The zero-order chi connectivity index (χ0) is 32.1. The largest absolute Gasteiger partial charge is 0.491 e. The second-order valence-electron chi connectivity index (χ2n) is 9.30. The Morgan fingerprint density at radius 1 is 1.09 bits per heavy atom. The Labute approximate surface area is 266 Å². The van der Waals surface area contributed by atoms with Gasteiger partial charge in [0.15, 0.2) is 0 Å². The van der Waals surface area contributed by atoms with Crippen molar-refractivity contribution in [2.24, 2.45) is 0 Å². The van der Waals surface area contributed by atoms with Crippen LogP contribution in [0.5, 0.6) is 5.75 Å². The second kappa shape index (κ2) is 17.7. The fourth-order valence-corrected chi connectivity index (χ4v) is 4.91. The maximum Gasteiger partial charge on any atom is 0.291 e. The maximum atomic E-state index is 8.36. The van der Waals surface area contributed by atoms with Crippen molar-refractivity contribution >= 4 is 23.2 Å². The highest BCUT2D eigenvalue weighted by Gasteiger charge is 2.45. The molecule has 4 N–H and O–H groups in total. The average molecular weight is 671 g/mol. The lowest BCUT2D eigenvalue weighted by molar-refractivity contribution is -0.742. The Morgan fingerprint density at radius 3 is 2.38 bits per heavy atom. The minimum absolute atomic E-state index is 0. The van der Waals surface area contributed by atoms with Crippen LogP contribution in [0.2, 0.25) is 10.0 Å². The Balaban J connectivity index is 0.000000704. The van der Waals surface area contributed by atoms with Gasteiger partial charge >= 0.3 is 0 Å². The summed E-state index contributed by atoms with van der Waals surface area (Å²) in [6, 6.07) is 13.4. The number of hydrogen-bond donors (Lipinski definition) is 2. The van der Waals surface area contributed by atoms with Gasteiger partial charge in [0.25, 0.3) is 10.2 Å². The van der Waals surface area contributed by atoms with Crippen molar-refractivity contribution in [2.45, 2.75) is 44.7 Å². The first kappa shape index (κ1) is 36.7. The van der Waals surface area contributed by atoms with Gasteiger partial charge in [0.05, 0.1) is 42.7 Å². The molecule has 0 saturated carbocycles. The van der Waals surface area contributed by atoms with Crippen LogP contribution >= 0.6 is 23.2 Å². The molecule has 18 heteroatoms. The van der Waals surface area contributed by atoms with E-state index in [0.717, 1.165) is 36.4 Å². The minimum atomic E-state index is -1.50. The fourth-order valence-electron chi connectivity index (χ4n) is 4.35. The van der Waals surface area contributed by atoms with E-state index in [-0.39, 0.29) is 11.6 Å². The SMILES string of the molecule is CCCCn1cncc1-c1ccc(OCC2COC(Cn3ccnc3)(c3ccc(Cl)cc3Cl)O2)cc1.O.O=[N+]([O-])O.O=[N+]([O-])O. The van der Waals surface area contributed by atoms with E-state index in [0.29, 0.717) is 35.4 Å². The van der Waals surface area contributed by atoms with Crippen molar-refractivity contribution in [3.8, 4) is 17.0 Å². The highest BCUT2D eigenvalue weighted by atomic mass is 35.5. The van der Waals surface area contributed by atoms with Gasteiger partial charge in [0.2, 0.25) is 5.79 Å². The third-order valence-electron chi connectivity index (χ3n) is 6.20. The predicted molar refractivity (Wildman–Crippen MR) is 160 cm³/mol. The fraction of sp³-hybridized carbons (Fsp3) is 0.333. The normalized spacial score (nSPS) is 16.7. The lowest BCUT2D eigenvalue weighted by atomic mass is 10.1. The molecule has 3 heterocycles. The number of unbranched alkanes of at least 4 members (excludes halogenated alkanes) is 1. The summed E-state index contributed by atoms with van der Waals surface area (Å²) in [5.74, 6) is -0.310. The Bertz CT molecular complexity index is 1470. The summed E-state index contributed by atoms with van der Waals surface area (Å²) in [6.07, 6.45) is 11.1. The summed E-state index contributed by atoms with van der Waals surface area (Å²) < 4.78 is 22.9. The van der Waals surface area contributed by atoms with Gasteiger partial charge < -0.3 is 39.2 Å². The molecule has 5 rings (SSSR count). The number of hydrogen-bond acceptors (Lipinski definition) is 9. The van der Waals surface area contributed by atoms with Crippen molar-refractivity contribution < 1.29 is 40.3 Å². The smallest absolute Gasteiger partial charge is 0.291 e. The number of benzene rings is 2. The molecular weight excluding hydrogens is 639 g/mol. The van der Waals surface area contributed by atoms with E-state index in [1.54, 1.807) is 24.7 Å². The van der Waals surface area contributed by atoms with Crippen LogP contribution in [-0.2, 0) is 28.4 Å². The van der Waals surface area contributed by atoms with Crippen LogP contribution in [-0.4, -0.2) is 64.5 Å². The molecule has 2 unspecified atom stereocenters. The monoisotopic (exact) mass is 670 g/mol. The number of halogens is 2. The molecule has 0 amide bonds. The highest BCUT2D eigenvalue weighted by Crippen LogP contribution is 2.40. The number of imidazole rings is 2. The van der Waals surface area contributed by atoms with Crippen LogP contribution in [0.3, 0.4) is 0 Å². The van der Waals surface area contributed by atoms with Gasteiger partial charge in [0, 0.05) is 35.1 Å². The third kappa shape index (κ3) is 11.2. The minimum Gasteiger partial charge on any atom is -0.491 e. The van der Waals surface area contributed by atoms with Crippen molar-refractivity contribution in [3.05, 3.63) is 110 Å². The molecule has 2 atom stereocenters. The quantitative estimate of drug-likeness (QED) is 0.174. The third-order valence-corrected chi connectivity index (χ3v) is 6.75. The van der Waals surface area contributed by atoms with Gasteiger partial charge in [-0.15, -0.1) is 20.2 Å². The maximum absolute atomic E-state index is 8.36. The molecule has 45 heavy (non-hydrogen) atoms. The Morgan fingerprint density at radius 2 is 1.78 bits per heavy atom. The van der Waals surface area contributed by atoms with Gasteiger partial charge in [-0.2, -0.15) is 0 Å². The molecule has 1 aliphatic rings. The van der Waals surface area contributed by atoms with Gasteiger partial charge in [-0.05, 0) is 42.8 Å². The summed E-state index contributed by atoms with van der Waals surface area (Å²) in [7, 11) is 0. The second-order valence-corrected chi connectivity index (χ2v) is 10.1. The van der Waals surface area contributed by atoms with Gasteiger partial charge in [-0.25, -0.2) is 9.97 Å². The molecule has 0 bridgehead atoms. The van der Waals surface area contributed by atoms with Crippen molar-refractivity contribution in [1.82, 2.24) is 19.1 Å². The Kier molecular flexibility index (Phi) is 14.5. The van der Waals surface area contributed by atoms with E-state index < -0.39 is 16.0 Å². The van der Waals surface area contributed by atoms with Gasteiger partial charge in [0.1, 0.15) is 18.5 Å². The summed E-state index contributed by atoms with van der Waals surface area (Å²) in [5.41, 5.74) is 2.92. The lowest BCUT2D eigenvalue weighted by Crippen LogP contribution is -2.34. The van der Waals surface area contributed by atoms with Crippen LogP contribution in [0, 0.1) is 20.2 Å². The molecule has 1 saturated heterocycles.